The first-order valence-corrected chi connectivity index (χ1v) is 2.19. The molecule has 0 heterocycles. The lowest BCUT2D eigenvalue weighted by Crippen LogP contribution is -2.18. The first-order valence-electron chi connectivity index (χ1n) is 2.19. The summed E-state index contributed by atoms with van der Waals surface area (Å²) in [5, 5.41) is 9.61. The molecule has 0 saturated heterocycles. The molecule has 0 saturated carbocycles. The lowest BCUT2D eigenvalue weighted by Gasteiger charge is -1.98. The van der Waals surface area contributed by atoms with E-state index in [1.807, 2.05) is 19.3 Å². The molecule has 1 unspecified atom stereocenters. The van der Waals surface area contributed by atoms with Crippen molar-refractivity contribution in [2.45, 2.75) is 26.3 Å². The fraction of sp³-hybridized carbons (Fsp3) is 1.00. The second kappa shape index (κ2) is 3.12. The number of hydrogen-bond acceptors (Lipinski definition) is 1. The van der Waals surface area contributed by atoms with Crippen molar-refractivity contribution >= 4 is 0 Å². The van der Waals surface area contributed by atoms with Crippen LogP contribution in [0.3, 0.4) is 0 Å². The molecular formula is C4H10NO. The average molecular weight is 88.1 g/mol. The first kappa shape index (κ1) is 5.92. The van der Waals surface area contributed by atoms with E-state index < -0.39 is 0 Å². The molecule has 0 spiro atoms. The molecule has 0 aliphatic heterocycles. The van der Waals surface area contributed by atoms with E-state index in [1.54, 1.807) is 0 Å². The number of nitrogens with one attached hydrogen (secondary N) is 1. The van der Waals surface area contributed by atoms with Crippen LogP contribution in [-0.2, 0) is 5.21 Å². The number of hydrogen-bond donors (Lipinski definition) is 1. The third-order valence-corrected chi connectivity index (χ3v) is 0.814. The standard InChI is InChI=1S/C4H10NO/c1-3-4(2)5-6/h4-5H,3H2,1-2H3. The van der Waals surface area contributed by atoms with Crippen molar-refractivity contribution < 1.29 is 5.21 Å². The Kier molecular flexibility index (Phi) is 3.08. The van der Waals surface area contributed by atoms with Gasteiger partial charge in [0.25, 0.3) is 0 Å². The Balaban J connectivity index is 2.75. The monoisotopic (exact) mass is 88.1 g/mol. The van der Waals surface area contributed by atoms with Gasteiger partial charge in [-0.1, -0.05) is 6.92 Å². The molecule has 6 heavy (non-hydrogen) atoms. The molecular weight excluding hydrogens is 78.0 g/mol. The van der Waals surface area contributed by atoms with Crippen LogP contribution in [0.25, 0.3) is 0 Å². The summed E-state index contributed by atoms with van der Waals surface area (Å²) in [5.74, 6) is 0. The van der Waals surface area contributed by atoms with Crippen LogP contribution in [0.1, 0.15) is 20.3 Å². The van der Waals surface area contributed by atoms with Crippen LogP contribution < -0.4 is 5.48 Å². The normalized spacial score (nSPS) is 14.5. The SMILES string of the molecule is CCC(C)N[O]. The van der Waals surface area contributed by atoms with Crippen molar-refractivity contribution in [2.24, 2.45) is 0 Å². The van der Waals surface area contributed by atoms with E-state index in [-0.39, 0.29) is 6.04 Å². The summed E-state index contributed by atoms with van der Waals surface area (Å²) in [5.41, 5.74) is 1.86. The van der Waals surface area contributed by atoms with Crippen molar-refractivity contribution in [3.8, 4) is 0 Å². The fourth-order valence-electron chi connectivity index (χ4n) is 0.0833. The molecule has 2 heteroatoms. The van der Waals surface area contributed by atoms with Gasteiger partial charge in [-0.15, -0.1) is 5.21 Å². The van der Waals surface area contributed by atoms with Crippen LogP contribution in [0.15, 0.2) is 0 Å². The maximum absolute atomic E-state index is 9.61. The highest BCUT2D eigenvalue weighted by molar-refractivity contribution is 4.45. The zero-order valence-corrected chi connectivity index (χ0v) is 4.19. The molecule has 0 aliphatic rings. The molecule has 1 N–H and O–H groups in total. The van der Waals surface area contributed by atoms with Crippen LogP contribution in [-0.4, -0.2) is 6.04 Å². The Morgan fingerprint density at radius 2 is 2.33 bits per heavy atom. The van der Waals surface area contributed by atoms with E-state index in [2.05, 4.69) is 0 Å². The van der Waals surface area contributed by atoms with Crippen LogP contribution in [0.4, 0.5) is 0 Å². The van der Waals surface area contributed by atoms with Crippen molar-refractivity contribution in [1.29, 1.82) is 0 Å². The highest BCUT2D eigenvalue weighted by Crippen LogP contribution is 1.82. The molecule has 0 rings (SSSR count). The summed E-state index contributed by atoms with van der Waals surface area (Å²) >= 11 is 0. The Bertz CT molecular complexity index is 26.7. The predicted molar refractivity (Wildman–Crippen MR) is 23.6 cm³/mol. The molecule has 0 amide bonds. The van der Waals surface area contributed by atoms with Gasteiger partial charge in [0.2, 0.25) is 0 Å². The highest BCUT2D eigenvalue weighted by Gasteiger charge is 1.89. The minimum Gasteiger partial charge on any atom is -0.165 e. The van der Waals surface area contributed by atoms with Crippen molar-refractivity contribution in [2.75, 3.05) is 0 Å². The molecule has 2 nitrogen and oxygen atoms in total. The zero-order chi connectivity index (χ0) is 4.99. The van der Waals surface area contributed by atoms with Gasteiger partial charge < -0.3 is 0 Å². The van der Waals surface area contributed by atoms with Gasteiger partial charge >= 0.3 is 0 Å². The third-order valence-electron chi connectivity index (χ3n) is 0.814. The quantitative estimate of drug-likeness (QED) is 0.495. The van der Waals surface area contributed by atoms with Gasteiger partial charge in [0.05, 0.1) is 0 Å². The van der Waals surface area contributed by atoms with Crippen molar-refractivity contribution in [3.05, 3.63) is 0 Å². The molecule has 0 bridgehead atoms. The summed E-state index contributed by atoms with van der Waals surface area (Å²) in [4.78, 5) is 0. The Morgan fingerprint density at radius 3 is 2.33 bits per heavy atom. The third kappa shape index (κ3) is 2.18. The first-order chi connectivity index (χ1) is 2.81. The van der Waals surface area contributed by atoms with Gasteiger partial charge in [-0.25, -0.2) is 0 Å². The van der Waals surface area contributed by atoms with Gasteiger partial charge in [0.1, 0.15) is 0 Å². The van der Waals surface area contributed by atoms with Crippen LogP contribution >= 0.6 is 0 Å². The molecule has 0 aromatic rings. The van der Waals surface area contributed by atoms with Gasteiger partial charge in [0, 0.05) is 6.04 Å². The van der Waals surface area contributed by atoms with Crippen molar-refractivity contribution in [1.82, 2.24) is 5.48 Å². The summed E-state index contributed by atoms with van der Waals surface area (Å²) < 4.78 is 0. The Labute approximate surface area is 38.1 Å². The van der Waals surface area contributed by atoms with Crippen LogP contribution in [0, 0.1) is 0 Å². The van der Waals surface area contributed by atoms with E-state index >= 15 is 0 Å². The molecule has 0 aromatic carbocycles. The molecule has 0 fully saturated rings. The maximum atomic E-state index is 9.61. The summed E-state index contributed by atoms with van der Waals surface area (Å²) in [6, 6.07) is 0.130. The number of rotatable bonds is 2. The fourth-order valence-corrected chi connectivity index (χ4v) is 0.0833. The zero-order valence-electron chi connectivity index (χ0n) is 4.19. The van der Waals surface area contributed by atoms with Gasteiger partial charge in [-0.3, -0.25) is 0 Å². The summed E-state index contributed by atoms with van der Waals surface area (Å²) in [7, 11) is 0. The van der Waals surface area contributed by atoms with E-state index in [0.29, 0.717) is 0 Å². The minimum atomic E-state index is 0.130. The Morgan fingerprint density at radius 1 is 1.83 bits per heavy atom. The second-order valence-electron chi connectivity index (χ2n) is 1.43. The van der Waals surface area contributed by atoms with Gasteiger partial charge in [0.15, 0.2) is 0 Å². The predicted octanol–water partition coefficient (Wildman–Crippen LogP) is 0.720. The van der Waals surface area contributed by atoms with Crippen LogP contribution in [0.2, 0.25) is 0 Å². The van der Waals surface area contributed by atoms with E-state index in [0.717, 1.165) is 6.42 Å². The van der Waals surface area contributed by atoms with Gasteiger partial charge in [-0.2, -0.15) is 5.48 Å². The molecule has 1 radical (unpaired) electrons. The lowest BCUT2D eigenvalue weighted by atomic mass is 10.3. The lowest BCUT2D eigenvalue weighted by molar-refractivity contribution is 0.0482. The summed E-state index contributed by atoms with van der Waals surface area (Å²) in [6.07, 6.45) is 0.906. The molecule has 0 aliphatic carbocycles. The van der Waals surface area contributed by atoms with Crippen LogP contribution in [0.5, 0.6) is 0 Å². The molecule has 0 aromatic heterocycles. The topological polar surface area (TPSA) is 31.9 Å². The summed E-state index contributed by atoms with van der Waals surface area (Å²) in [6.45, 7) is 3.82. The molecule has 1 atom stereocenters. The minimum absolute atomic E-state index is 0.130. The second-order valence-corrected chi connectivity index (χ2v) is 1.43. The van der Waals surface area contributed by atoms with Crippen molar-refractivity contribution in [3.63, 3.8) is 0 Å². The largest absolute Gasteiger partial charge is 0.165 e. The van der Waals surface area contributed by atoms with E-state index in [1.165, 1.54) is 0 Å². The maximum Gasteiger partial charge on any atom is 0.0322 e. The highest BCUT2D eigenvalue weighted by atomic mass is 16.5. The number of hydroxylamine groups is 1. The Hall–Kier alpha value is -0.0800. The average Bonchev–Trinajstić information content (AvgIpc) is 1.65. The van der Waals surface area contributed by atoms with Gasteiger partial charge in [-0.05, 0) is 13.3 Å². The van der Waals surface area contributed by atoms with E-state index in [9.17, 15) is 5.21 Å². The van der Waals surface area contributed by atoms with E-state index in [4.69, 9.17) is 0 Å². The smallest absolute Gasteiger partial charge is 0.0322 e. The molecule has 37 valence electrons.